The van der Waals surface area contributed by atoms with Gasteiger partial charge in [-0.2, -0.15) is 0 Å². The lowest BCUT2D eigenvalue weighted by Crippen LogP contribution is -2.28. The summed E-state index contributed by atoms with van der Waals surface area (Å²) in [6.45, 7) is 2.41. The van der Waals surface area contributed by atoms with Crippen molar-refractivity contribution >= 4 is 54.9 Å². The van der Waals surface area contributed by atoms with Crippen LogP contribution < -0.4 is 10.2 Å². The lowest BCUT2D eigenvalue weighted by atomic mass is 10.1. The summed E-state index contributed by atoms with van der Waals surface area (Å²) >= 11 is 9.18. The molecule has 3 rings (SSSR count). The van der Waals surface area contributed by atoms with Crippen molar-refractivity contribution in [2.24, 2.45) is 0 Å². The number of hydrogen-bond acceptors (Lipinski definition) is 4. The Bertz CT molecular complexity index is 1070. The average Bonchev–Trinajstić information content (AvgIpc) is 3.10. The van der Waals surface area contributed by atoms with Crippen LogP contribution in [0.1, 0.15) is 24.5 Å². The normalized spacial score (nSPS) is 13.2. The van der Waals surface area contributed by atoms with Crippen LogP contribution in [0, 0.1) is 0 Å². The summed E-state index contributed by atoms with van der Waals surface area (Å²) in [6.07, 6.45) is 1.18. The van der Waals surface area contributed by atoms with Crippen LogP contribution in [-0.2, 0) is 32.3 Å². The Morgan fingerprint density at radius 1 is 1.20 bits per heavy atom. The van der Waals surface area contributed by atoms with Crippen molar-refractivity contribution in [1.29, 1.82) is 0 Å². The number of anilines is 1. The van der Waals surface area contributed by atoms with E-state index in [9.17, 15) is 18.0 Å². The number of carbonyl (C=O) groups is 2. The van der Waals surface area contributed by atoms with Gasteiger partial charge in [0.05, 0.1) is 10.6 Å². The summed E-state index contributed by atoms with van der Waals surface area (Å²) < 4.78 is 26.1. The molecule has 1 aliphatic rings. The number of nitrogens with one attached hydrogen (secondary N) is 1. The van der Waals surface area contributed by atoms with E-state index in [0.717, 1.165) is 11.1 Å². The van der Waals surface area contributed by atoms with E-state index >= 15 is 0 Å². The van der Waals surface area contributed by atoms with Gasteiger partial charge in [-0.25, -0.2) is 8.42 Å². The third kappa shape index (κ3) is 5.42. The van der Waals surface area contributed by atoms with Crippen LogP contribution in [0.15, 0.2) is 45.8 Å². The van der Waals surface area contributed by atoms with Gasteiger partial charge in [0.2, 0.25) is 11.8 Å². The topological polar surface area (TPSA) is 83.6 Å². The molecule has 160 valence electrons. The SMILES string of the molecule is CC(=O)N1CCc2cc(Br)c(S(=O)(=O)CCC(=O)NCCc3ccc(Cl)cc3)cc21. The van der Waals surface area contributed by atoms with Crippen molar-refractivity contribution in [2.75, 3.05) is 23.7 Å². The molecule has 0 fully saturated rings. The van der Waals surface area contributed by atoms with Crippen molar-refractivity contribution in [3.8, 4) is 0 Å². The summed E-state index contributed by atoms with van der Waals surface area (Å²) in [5.41, 5.74) is 2.58. The predicted molar refractivity (Wildman–Crippen MR) is 121 cm³/mol. The molecule has 0 bridgehead atoms. The molecule has 0 saturated carbocycles. The van der Waals surface area contributed by atoms with Gasteiger partial charge in [-0.05, 0) is 64.2 Å². The fourth-order valence-electron chi connectivity index (χ4n) is 3.38. The minimum Gasteiger partial charge on any atom is -0.356 e. The van der Waals surface area contributed by atoms with Gasteiger partial charge >= 0.3 is 0 Å². The molecule has 2 aromatic carbocycles. The molecule has 0 spiro atoms. The van der Waals surface area contributed by atoms with Gasteiger partial charge in [0.15, 0.2) is 9.84 Å². The van der Waals surface area contributed by atoms with Gasteiger partial charge in [-0.15, -0.1) is 0 Å². The van der Waals surface area contributed by atoms with Crippen LogP contribution in [0.4, 0.5) is 5.69 Å². The lowest BCUT2D eigenvalue weighted by Gasteiger charge is -2.16. The highest BCUT2D eigenvalue weighted by atomic mass is 79.9. The van der Waals surface area contributed by atoms with Gasteiger partial charge in [0.25, 0.3) is 0 Å². The van der Waals surface area contributed by atoms with Gasteiger partial charge in [0, 0.05) is 41.6 Å². The summed E-state index contributed by atoms with van der Waals surface area (Å²) in [6, 6.07) is 10.6. The van der Waals surface area contributed by atoms with Gasteiger partial charge in [-0.3, -0.25) is 9.59 Å². The molecule has 0 atom stereocenters. The molecule has 0 unspecified atom stereocenters. The predicted octanol–water partition coefficient (Wildman–Crippen LogP) is 3.53. The Morgan fingerprint density at radius 2 is 1.90 bits per heavy atom. The van der Waals surface area contributed by atoms with Crippen LogP contribution in [0.2, 0.25) is 5.02 Å². The Balaban J connectivity index is 1.60. The van der Waals surface area contributed by atoms with E-state index in [1.807, 2.05) is 12.1 Å². The standard InChI is InChI=1S/C21H22BrClN2O4S/c1-14(26)25-10-7-16-12-18(22)20(13-19(16)25)30(28,29)11-8-21(27)24-9-6-15-2-4-17(23)5-3-15/h2-5,12-13H,6-11H2,1H3,(H,24,27). The van der Waals surface area contributed by atoms with Crippen molar-refractivity contribution in [1.82, 2.24) is 5.32 Å². The largest absolute Gasteiger partial charge is 0.356 e. The number of rotatable bonds is 7. The number of fused-ring (bicyclic) bond motifs is 1. The quantitative estimate of drug-likeness (QED) is 0.614. The molecule has 0 aromatic heterocycles. The van der Waals surface area contributed by atoms with E-state index < -0.39 is 9.84 Å². The fourth-order valence-corrected chi connectivity index (χ4v) is 5.95. The highest BCUT2D eigenvalue weighted by Gasteiger charge is 2.27. The van der Waals surface area contributed by atoms with Crippen LogP contribution in [0.25, 0.3) is 0 Å². The second-order valence-electron chi connectivity index (χ2n) is 7.13. The minimum absolute atomic E-state index is 0.100. The molecule has 30 heavy (non-hydrogen) atoms. The van der Waals surface area contributed by atoms with Gasteiger partial charge in [-0.1, -0.05) is 23.7 Å². The zero-order valence-corrected chi connectivity index (χ0v) is 19.6. The first-order chi connectivity index (χ1) is 14.2. The Labute approximate surface area is 189 Å². The molecule has 6 nitrogen and oxygen atoms in total. The summed E-state index contributed by atoms with van der Waals surface area (Å²) in [5, 5.41) is 3.40. The third-order valence-corrected chi connectivity index (χ3v) is 7.91. The molecule has 9 heteroatoms. The third-order valence-electron chi connectivity index (χ3n) is 4.99. The molecule has 1 aliphatic heterocycles. The van der Waals surface area contributed by atoms with E-state index in [2.05, 4.69) is 21.2 Å². The van der Waals surface area contributed by atoms with Crippen LogP contribution in [0.5, 0.6) is 0 Å². The maximum Gasteiger partial charge on any atom is 0.223 e. The van der Waals surface area contributed by atoms with Crippen LogP contribution >= 0.6 is 27.5 Å². The minimum atomic E-state index is -3.70. The molecule has 1 heterocycles. The second kappa shape index (κ2) is 9.49. The zero-order valence-electron chi connectivity index (χ0n) is 16.5. The van der Waals surface area contributed by atoms with E-state index in [0.29, 0.717) is 41.1 Å². The monoisotopic (exact) mass is 512 g/mol. The smallest absolute Gasteiger partial charge is 0.223 e. The van der Waals surface area contributed by atoms with Crippen molar-refractivity contribution in [3.63, 3.8) is 0 Å². The van der Waals surface area contributed by atoms with Crippen molar-refractivity contribution in [2.45, 2.75) is 31.1 Å². The molecule has 0 aliphatic carbocycles. The number of halogens is 2. The van der Waals surface area contributed by atoms with Crippen LogP contribution in [-0.4, -0.2) is 39.1 Å². The number of hydrogen-bond donors (Lipinski definition) is 1. The molecule has 1 N–H and O–H groups in total. The molecule has 2 amide bonds. The first-order valence-electron chi connectivity index (χ1n) is 9.52. The molecular formula is C21H22BrClN2O4S. The Kier molecular flexibility index (Phi) is 7.21. The zero-order chi connectivity index (χ0) is 21.9. The molecule has 2 aromatic rings. The summed E-state index contributed by atoms with van der Waals surface area (Å²) in [7, 11) is -3.70. The highest BCUT2D eigenvalue weighted by molar-refractivity contribution is 9.10. The van der Waals surface area contributed by atoms with E-state index in [4.69, 9.17) is 11.6 Å². The molecular weight excluding hydrogens is 492 g/mol. The first-order valence-corrected chi connectivity index (χ1v) is 12.3. The van der Waals surface area contributed by atoms with Crippen molar-refractivity contribution < 1.29 is 18.0 Å². The molecule has 0 saturated heterocycles. The van der Waals surface area contributed by atoms with E-state index in [-0.39, 0.29) is 28.9 Å². The molecule has 0 radical (unpaired) electrons. The fraction of sp³-hybridized carbons (Fsp3) is 0.333. The Hall–Kier alpha value is -1.90. The maximum atomic E-state index is 12.8. The Morgan fingerprint density at radius 3 is 2.57 bits per heavy atom. The number of carbonyl (C=O) groups excluding carboxylic acids is 2. The van der Waals surface area contributed by atoms with Crippen molar-refractivity contribution in [3.05, 3.63) is 57.0 Å². The number of amides is 2. The number of benzene rings is 2. The highest BCUT2D eigenvalue weighted by Crippen LogP contribution is 2.36. The summed E-state index contributed by atoms with van der Waals surface area (Å²) in [5.74, 6) is -0.758. The number of sulfone groups is 1. The maximum absolute atomic E-state index is 12.8. The first kappa shape index (κ1) is 22.8. The van der Waals surface area contributed by atoms with Gasteiger partial charge in [0.1, 0.15) is 0 Å². The second-order valence-corrected chi connectivity index (χ2v) is 10.5. The van der Waals surface area contributed by atoms with Crippen LogP contribution in [0.3, 0.4) is 0 Å². The van der Waals surface area contributed by atoms with E-state index in [1.54, 1.807) is 23.1 Å². The summed E-state index contributed by atoms with van der Waals surface area (Å²) in [4.78, 5) is 25.6. The number of nitrogens with zero attached hydrogens (tertiary/aromatic N) is 1. The van der Waals surface area contributed by atoms with Gasteiger partial charge < -0.3 is 10.2 Å². The van der Waals surface area contributed by atoms with E-state index in [1.165, 1.54) is 13.0 Å². The average molecular weight is 514 g/mol. The lowest BCUT2D eigenvalue weighted by molar-refractivity contribution is -0.120.